The molecule has 0 aromatic heterocycles. The monoisotopic (exact) mass is 298 g/mol. The third-order valence-corrected chi connectivity index (χ3v) is 2.80. The number of nitrogens with one attached hydrogen (secondary N) is 1. The van der Waals surface area contributed by atoms with Gasteiger partial charge in [0.05, 0.1) is 5.69 Å². The highest BCUT2D eigenvalue weighted by Crippen LogP contribution is 2.20. The Morgan fingerprint density at radius 2 is 1.76 bits per heavy atom. The van der Waals surface area contributed by atoms with Crippen molar-refractivity contribution in [1.29, 1.82) is 0 Å². The smallest absolute Gasteiger partial charge is 0.248 e. The van der Waals surface area contributed by atoms with E-state index in [0.717, 1.165) is 12.1 Å². The van der Waals surface area contributed by atoms with Crippen LogP contribution in [0, 0.1) is 23.3 Å². The van der Waals surface area contributed by atoms with E-state index in [-0.39, 0.29) is 17.7 Å². The summed E-state index contributed by atoms with van der Waals surface area (Å²) in [7, 11) is 0. The Bertz CT molecular complexity index is 704. The van der Waals surface area contributed by atoms with Crippen molar-refractivity contribution in [2.45, 2.75) is 6.54 Å². The molecule has 0 fully saturated rings. The molecule has 0 aliphatic heterocycles. The molecule has 21 heavy (non-hydrogen) atoms. The zero-order valence-corrected chi connectivity index (χ0v) is 10.6. The van der Waals surface area contributed by atoms with E-state index < -0.39 is 34.9 Å². The van der Waals surface area contributed by atoms with Crippen molar-refractivity contribution < 1.29 is 22.4 Å². The topological polar surface area (TPSA) is 55.1 Å². The second kappa shape index (κ2) is 5.82. The summed E-state index contributed by atoms with van der Waals surface area (Å²) in [6.45, 7) is -0.218. The van der Waals surface area contributed by atoms with E-state index in [4.69, 9.17) is 5.73 Å². The van der Waals surface area contributed by atoms with Gasteiger partial charge in [-0.1, -0.05) is 6.07 Å². The van der Waals surface area contributed by atoms with Gasteiger partial charge in [0.1, 0.15) is 11.6 Å². The van der Waals surface area contributed by atoms with Crippen LogP contribution in [0.25, 0.3) is 0 Å². The number of rotatable bonds is 4. The molecule has 2 aromatic rings. The lowest BCUT2D eigenvalue weighted by molar-refractivity contribution is 0.1000. The van der Waals surface area contributed by atoms with E-state index in [2.05, 4.69) is 5.32 Å². The molecule has 110 valence electrons. The van der Waals surface area contributed by atoms with Crippen molar-refractivity contribution in [1.82, 2.24) is 0 Å². The molecule has 7 heteroatoms. The molecule has 0 radical (unpaired) electrons. The fraction of sp³-hybridized carbons (Fsp3) is 0.0714. The Balaban J connectivity index is 2.19. The molecule has 1 amide bonds. The highest BCUT2D eigenvalue weighted by atomic mass is 19.2. The van der Waals surface area contributed by atoms with Crippen molar-refractivity contribution in [3.05, 3.63) is 64.7 Å². The summed E-state index contributed by atoms with van der Waals surface area (Å²) in [5, 5.41) is 2.39. The maximum atomic E-state index is 13.7. The first kappa shape index (κ1) is 14.8. The lowest BCUT2D eigenvalue weighted by Crippen LogP contribution is -2.12. The van der Waals surface area contributed by atoms with Crippen LogP contribution in [-0.4, -0.2) is 5.91 Å². The van der Waals surface area contributed by atoms with Gasteiger partial charge in [0.15, 0.2) is 11.6 Å². The van der Waals surface area contributed by atoms with E-state index in [1.54, 1.807) is 0 Å². The van der Waals surface area contributed by atoms with Crippen LogP contribution in [0.4, 0.5) is 23.2 Å². The van der Waals surface area contributed by atoms with Crippen molar-refractivity contribution in [2.75, 3.05) is 5.32 Å². The van der Waals surface area contributed by atoms with E-state index in [1.807, 2.05) is 0 Å². The second-order valence-electron chi connectivity index (χ2n) is 4.27. The first-order valence-electron chi connectivity index (χ1n) is 5.85. The molecule has 0 bridgehead atoms. The average Bonchev–Trinajstić information content (AvgIpc) is 2.42. The number of benzene rings is 2. The number of halogens is 4. The number of carbonyl (C=O) groups excluding carboxylic acids is 1. The van der Waals surface area contributed by atoms with Crippen LogP contribution < -0.4 is 11.1 Å². The van der Waals surface area contributed by atoms with E-state index in [9.17, 15) is 22.4 Å². The predicted octanol–water partition coefficient (Wildman–Crippen LogP) is 2.95. The number of carbonyl (C=O) groups is 1. The molecule has 0 saturated heterocycles. The molecule has 0 aliphatic rings. The molecule has 0 saturated carbocycles. The van der Waals surface area contributed by atoms with Gasteiger partial charge >= 0.3 is 0 Å². The summed E-state index contributed by atoms with van der Waals surface area (Å²) in [4.78, 5) is 10.9. The van der Waals surface area contributed by atoms with Gasteiger partial charge in [0.25, 0.3) is 0 Å². The molecular formula is C14H10F4N2O. The molecule has 0 unspecified atom stereocenters. The number of amides is 1. The predicted molar refractivity (Wildman–Crippen MR) is 68.6 cm³/mol. The lowest BCUT2D eigenvalue weighted by atomic mass is 10.1. The highest BCUT2D eigenvalue weighted by molar-refractivity contribution is 5.92. The zero-order valence-electron chi connectivity index (χ0n) is 10.6. The van der Waals surface area contributed by atoms with Gasteiger partial charge in [-0.2, -0.15) is 0 Å². The minimum absolute atomic E-state index is 0.0146. The number of primary amides is 1. The molecule has 0 spiro atoms. The minimum atomic E-state index is -1.35. The fourth-order valence-corrected chi connectivity index (χ4v) is 1.72. The molecule has 2 rings (SSSR count). The van der Waals surface area contributed by atoms with Gasteiger partial charge in [-0.3, -0.25) is 4.79 Å². The summed E-state index contributed by atoms with van der Waals surface area (Å²) < 4.78 is 53.1. The lowest BCUT2D eigenvalue weighted by Gasteiger charge is -2.09. The Morgan fingerprint density at radius 1 is 1.05 bits per heavy atom. The molecule has 3 N–H and O–H groups in total. The largest absolute Gasteiger partial charge is 0.378 e. The number of hydrogen-bond acceptors (Lipinski definition) is 2. The highest BCUT2D eigenvalue weighted by Gasteiger charge is 2.12. The van der Waals surface area contributed by atoms with Gasteiger partial charge in [-0.05, 0) is 12.1 Å². The maximum absolute atomic E-state index is 13.7. The number of hydrogen-bond donors (Lipinski definition) is 2. The van der Waals surface area contributed by atoms with E-state index >= 15 is 0 Å². The average molecular weight is 298 g/mol. The van der Waals surface area contributed by atoms with Gasteiger partial charge in [-0.25, -0.2) is 17.6 Å². The Hall–Kier alpha value is -2.57. The minimum Gasteiger partial charge on any atom is -0.378 e. The third kappa shape index (κ3) is 3.31. The van der Waals surface area contributed by atoms with Crippen LogP contribution in [0.2, 0.25) is 0 Å². The number of anilines is 1. The normalized spacial score (nSPS) is 10.5. The van der Waals surface area contributed by atoms with Crippen molar-refractivity contribution >= 4 is 11.6 Å². The Labute approximate surface area is 117 Å². The van der Waals surface area contributed by atoms with Crippen LogP contribution >= 0.6 is 0 Å². The first-order chi connectivity index (χ1) is 9.88. The van der Waals surface area contributed by atoms with Crippen LogP contribution in [0.15, 0.2) is 30.3 Å². The van der Waals surface area contributed by atoms with E-state index in [1.165, 1.54) is 12.1 Å². The number of nitrogens with two attached hydrogens (primary N) is 1. The third-order valence-electron chi connectivity index (χ3n) is 2.80. The standard InChI is InChI=1S/C14H10F4N2O/c15-9-4-11(17)13(18)12(5-9)20-6-8-2-1-7(14(19)21)3-10(8)16/h1-5,20H,6H2,(H2,19,21). The first-order valence-corrected chi connectivity index (χ1v) is 5.85. The van der Waals surface area contributed by atoms with Crippen LogP contribution in [0.5, 0.6) is 0 Å². The zero-order chi connectivity index (χ0) is 15.6. The maximum Gasteiger partial charge on any atom is 0.248 e. The molecule has 0 aliphatic carbocycles. The SMILES string of the molecule is NC(=O)c1ccc(CNc2cc(F)cc(F)c2F)c(F)c1. The molecule has 0 heterocycles. The second-order valence-corrected chi connectivity index (χ2v) is 4.27. The Kier molecular flexibility index (Phi) is 4.11. The molecule has 3 nitrogen and oxygen atoms in total. The molecule has 0 atom stereocenters. The molecular weight excluding hydrogens is 288 g/mol. The van der Waals surface area contributed by atoms with Gasteiger partial charge in [-0.15, -0.1) is 0 Å². The van der Waals surface area contributed by atoms with Crippen LogP contribution in [0.3, 0.4) is 0 Å². The van der Waals surface area contributed by atoms with Crippen LogP contribution in [-0.2, 0) is 6.54 Å². The summed E-state index contributed by atoms with van der Waals surface area (Å²) in [5.74, 6) is -5.09. The van der Waals surface area contributed by atoms with Crippen molar-refractivity contribution in [3.8, 4) is 0 Å². The Morgan fingerprint density at radius 3 is 2.38 bits per heavy atom. The quantitative estimate of drug-likeness (QED) is 0.673. The fourth-order valence-electron chi connectivity index (χ4n) is 1.72. The summed E-state index contributed by atoms with van der Waals surface area (Å²) in [6, 6.07) is 4.67. The summed E-state index contributed by atoms with van der Waals surface area (Å²) in [6.07, 6.45) is 0. The molecule has 2 aromatic carbocycles. The van der Waals surface area contributed by atoms with Crippen LogP contribution in [0.1, 0.15) is 15.9 Å². The summed E-state index contributed by atoms with van der Waals surface area (Å²) >= 11 is 0. The van der Waals surface area contributed by atoms with Gasteiger partial charge in [0, 0.05) is 29.8 Å². The van der Waals surface area contributed by atoms with Gasteiger partial charge < -0.3 is 11.1 Å². The van der Waals surface area contributed by atoms with Crippen molar-refractivity contribution in [3.63, 3.8) is 0 Å². The van der Waals surface area contributed by atoms with Gasteiger partial charge in [0.2, 0.25) is 5.91 Å². The summed E-state index contributed by atoms with van der Waals surface area (Å²) in [5.41, 5.74) is 4.64. The van der Waals surface area contributed by atoms with E-state index in [0.29, 0.717) is 6.07 Å². The van der Waals surface area contributed by atoms with Crippen molar-refractivity contribution in [2.24, 2.45) is 5.73 Å².